The molecule has 6 heteroatoms. The van der Waals surface area contributed by atoms with E-state index in [4.69, 9.17) is 0 Å². The van der Waals surface area contributed by atoms with Crippen LogP contribution in [-0.4, -0.2) is 22.3 Å². The fraction of sp³-hybridized carbons (Fsp3) is 0.429. The Bertz CT molecular complexity index is 274. The van der Waals surface area contributed by atoms with Gasteiger partial charge in [-0.25, -0.2) is 9.78 Å². The lowest BCUT2D eigenvalue weighted by Gasteiger charge is -2.03. The number of imidazole rings is 1. The van der Waals surface area contributed by atoms with Crippen molar-refractivity contribution in [2.75, 3.05) is 11.9 Å². The van der Waals surface area contributed by atoms with Gasteiger partial charge in [-0.2, -0.15) is 0 Å². The van der Waals surface area contributed by atoms with Gasteiger partial charge in [0.2, 0.25) is 5.95 Å². The first-order chi connectivity index (χ1) is 5.74. The van der Waals surface area contributed by atoms with Crippen molar-refractivity contribution in [3.05, 3.63) is 12.4 Å². The van der Waals surface area contributed by atoms with E-state index in [1.165, 1.54) is 0 Å². The van der Waals surface area contributed by atoms with Crippen molar-refractivity contribution in [2.45, 2.75) is 6.92 Å². The predicted molar refractivity (Wildman–Crippen MR) is 51.1 cm³/mol. The standard InChI is InChI=1S/C7H11N3O2.ClH/c1-3-12-7(11)9-6-8-4-5-10(6)2;/h4-5H,3H2,1-2H3,(H,8,9,11);1H. The molecule has 0 unspecified atom stereocenters. The molecule has 74 valence electrons. The number of hydrogen-bond acceptors (Lipinski definition) is 3. The Labute approximate surface area is 82.5 Å². The molecule has 5 nitrogen and oxygen atoms in total. The molecule has 13 heavy (non-hydrogen) atoms. The fourth-order valence-electron chi connectivity index (χ4n) is 0.745. The van der Waals surface area contributed by atoms with Gasteiger partial charge >= 0.3 is 6.09 Å². The lowest BCUT2D eigenvalue weighted by atomic mass is 10.8. The first-order valence-corrected chi connectivity index (χ1v) is 3.65. The highest BCUT2D eigenvalue weighted by Gasteiger charge is 2.04. The van der Waals surface area contributed by atoms with E-state index >= 15 is 0 Å². The SMILES string of the molecule is CCOC(=O)Nc1nccn1C.Cl. The summed E-state index contributed by atoms with van der Waals surface area (Å²) in [6.07, 6.45) is 2.86. The van der Waals surface area contributed by atoms with Crippen LogP contribution in [0, 0.1) is 0 Å². The number of aromatic nitrogens is 2. The molecular weight excluding hydrogens is 194 g/mol. The fourth-order valence-corrected chi connectivity index (χ4v) is 0.745. The minimum absolute atomic E-state index is 0. The molecule has 0 aliphatic heterocycles. The van der Waals surface area contributed by atoms with Crippen molar-refractivity contribution >= 4 is 24.4 Å². The van der Waals surface area contributed by atoms with Crippen LogP contribution in [0.5, 0.6) is 0 Å². The summed E-state index contributed by atoms with van der Waals surface area (Å²) in [5, 5.41) is 2.48. The number of carbonyl (C=O) groups excluding carboxylic acids is 1. The van der Waals surface area contributed by atoms with Gasteiger partial charge in [-0.15, -0.1) is 12.4 Å². The highest BCUT2D eigenvalue weighted by Crippen LogP contribution is 2.00. The monoisotopic (exact) mass is 205 g/mol. The van der Waals surface area contributed by atoms with Crippen molar-refractivity contribution in [2.24, 2.45) is 7.05 Å². The molecule has 0 aliphatic rings. The summed E-state index contributed by atoms with van der Waals surface area (Å²) in [6, 6.07) is 0. The molecule has 1 aromatic rings. The molecule has 0 bridgehead atoms. The van der Waals surface area contributed by atoms with Crippen LogP contribution in [0.3, 0.4) is 0 Å². The molecule has 0 aromatic carbocycles. The molecule has 1 heterocycles. The van der Waals surface area contributed by atoms with Crippen LogP contribution in [0.25, 0.3) is 0 Å². The van der Waals surface area contributed by atoms with Crippen LogP contribution in [-0.2, 0) is 11.8 Å². The van der Waals surface area contributed by atoms with E-state index in [0.717, 1.165) is 0 Å². The van der Waals surface area contributed by atoms with Gasteiger partial charge in [-0.3, -0.25) is 5.32 Å². The molecular formula is C7H12ClN3O2. The lowest BCUT2D eigenvalue weighted by Crippen LogP contribution is -2.15. The Morgan fingerprint density at radius 2 is 2.46 bits per heavy atom. The molecule has 0 aliphatic carbocycles. The number of nitrogens with zero attached hydrogens (tertiary/aromatic N) is 2. The molecule has 0 spiro atoms. The first kappa shape index (κ1) is 11.8. The summed E-state index contributed by atoms with van der Waals surface area (Å²) in [5.74, 6) is 0.480. The second-order valence-electron chi connectivity index (χ2n) is 2.21. The van der Waals surface area contributed by atoms with E-state index in [9.17, 15) is 4.79 Å². The lowest BCUT2D eigenvalue weighted by molar-refractivity contribution is 0.167. The van der Waals surface area contributed by atoms with E-state index in [2.05, 4.69) is 15.0 Å². The third-order valence-corrected chi connectivity index (χ3v) is 1.31. The smallest absolute Gasteiger partial charge is 0.413 e. The van der Waals surface area contributed by atoms with E-state index in [1.807, 2.05) is 0 Å². The van der Waals surface area contributed by atoms with Crippen LogP contribution in [0.4, 0.5) is 10.7 Å². The van der Waals surface area contributed by atoms with E-state index in [1.54, 1.807) is 30.9 Å². The summed E-state index contributed by atoms with van der Waals surface area (Å²) in [7, 11) is 1.79. The summed E-state index contributed by atoms with van der Waals surface area (Å²) < 4.78 is 6.36. The number of ether oxygens (including phenoxy) is 1. The topological polar surface area (TPSA) is 56.1 Å². The largest absolute Gasteiger partial charge is 0.450 e. The molecule has 0 saturated heterocycles. The third-order valence-electron chi connectivity index (χ3n) is 1.31. The van der Waals surface area contributed by atoms with Crippen LogP contribution >= 0.6 is 12.4 Å². The quantitative estimate of drug-likeness (QED) is 0.794. The number of nitrogens with one attached hydrogen (secondary N) is 1. The van der Waals surface area contributed by atoms with Gasteiger partial charge in [0.1, 0.15) is 0 Å². The van der Waals surface area contributed by atoms with Gasteiger partial charge in [-0.05, 0) is 6.92 Å². The van der Waals surface area contributed by atoms with Gasteiger partial charge in [0.25, 0.3) is 0 Å². The van der Waals surface area contributed by atoms with Gasteiger partial charge < -0.3 is 9.30 Å². The van der Waals surface area contributed by atoms with Crippen molar-refractivity contribution in [3.63, 3.8) is 0 Å². The van der Waals surface area contributed by atoms with Crippen molar-refractivity contribution in [3.8, 4) is 0 Å². The van der Waals surface area contributed by atoms with Crippen molar-refractivity contribution < 1.29 is 9.53 Å². The Balaban J connectivity index is 0.00000144. The Hall–Kier alpha value is -1.23. The average Bonchev–Trinajstić information content (AvgIpc) is 2.37. The van der Waals surface area contributed by atoms with Crippen LogP contribution in [0.15, 0.2) is 12.4 Å². The van der Waals surface area contributed by atoms with E-state index in [0.29, 0.717) is 12.6 Å². The molecule has 1 aromatic heterocycles. The maximum Gasteiger partial charge on any atom is 0.413 e. The van der Waals surface area contributed by atoms with Gasteiger partial charge in [-0.1, -0.05) is 0 Å². The Morgan fingerprint density at radius 3 is 2.92 bits per heavy atom. The van der Waals surface area contributed by atoms with E-state index in [-0.39, 0.29) is 12.4 Å². The highest BCUT2D eigenvalue weighted by atomic mass is 35.5. The zero-order valence-electron chi connectivity index (χ0n) is 7.48. The second-order valence-corrected chi connectivity index (χ2v) is 2.21. The normalized spacial score (nSPS) is 8.77. The predicted octanol–water partition coefficient (Wildman–Crippen LogP) is 1.41. The maximum atomic E-state index is 10.9. The number of carbonyl (C=O) groups is 1. The second kappa shape index (κ2) is 5.42. The van der Waals surface area contributed by atoms with E-state index < -0.39 is 6.09 Å². The number of hydrogen-bond donors (Lipinski definition) is 1. The number of anilines is 1. The molecule has 0 saturated carbocycles. The van der Waals surface area contributed by atoms with Crippen LogP contribution < -0.4 is 5.32 Å². The number of rotatable bonds is 2. The third kappa shape index (κ3) is 3.33. The maximum absolute atomic E-state index is 10.9. The first-order valence-electron chi connectivity index (χ1n) is 3.65. The number of aryl methyl sites for hydroxylation is 1. The number of halogens is 1. The molecule has 0 radical (unpaired) electrons. The van der Waals surface area contributed by atoms with Crippen LogP contribution in [0.1, 0.15) is 6.92 Å². The molecule has 1 N–H and O–H groups in total. The Kier molecular flexibility index (Phi) is 4.91. The van der Waals surface area contributed by atoms with Crippen LogP contribution in [0.2, 0.25) is 0 Å². The molecule has 0 fully saturated rings. The molecule has 1 rings (SSSR count). The van der Waals surface area contributed by atoms with Gasteiger partial charge in [0.15, 0.2) is 0 Å². The summed E-state index contributed by atoms with van der Waals surface area (Å²) in [5.41, 5.74) is 0. The van der Waals surface area contributed by atoms with Gasteiger partial charge in [0, 0.05) is 19.4 Å². The molecule has 1 amide bonds. The average molecular weight is 206 g/mol. The zero-order chi connectivity index (χ0) is 8.97. The molecule has 0 atom stereocenters. The summed E-state index contributed by atoms with van der Waals surface area (Å²) in [6.45, 7) is 2.11. The Morgan fingerprint density at radius 1 is 1.77 bits per heavy atom. The van der Waals surface area contributed by atoms with Gasteiger partial charge in [0.05, 0.1) is 6.61 Å². The number of amides is 1. The minimum Gasteiger partial charge on any atom is -0.450 e. The zero-order valence-corrected chi connectivity index (χ0v) is 8.30. The summed E-state index contributed by atoms with van der Waals surface area (Å²) >= 11 is 0. The summed E-state index contributed by atoms with van der Waals surface area (Å²) in [4.78, 5) is 14.8. The highest BCUT2D eigenvalue weighted by molar-refractivity contribution is 5.85. The van der Waals surface area contributed by atoms with Crippen molar-refractivity contribution in [1.82, 2.24) is 9.55 Å². The van der Waals surface area contributed by atoms with Crippen molar-refractivity contribution in [1.29, 1.82) is 0 Å². The minimum atomic E-state index is -0.480.